The summed E-state index contributed by atoms with van der Waals surface area (Å²) in [5.74, 6) is 0.633. The second-order valence-electron chi connectivity index (χ2n) is 7.66. The minimum Gasteiger partial charge on any atom is -0.493 e. The third-order valence-corrected chi connectivity index (χ3v) is 5.75. The largest absolute Gasteiger partial charge is 0.493 e. The number of amides is 4. The van der Waals surface area contributed by atoms with Crippen LogP contribution in [0.25, 0.3) is 0 Å². The molecule has 1 N–H and O–H groups in total. The maximum atomic E-state index is 12.9. The Kier molecular flexibility index (Phi) is 5.79. The Labute approximate surface area is 180 Å². The van der Waals surface area contributed by atoms with Crippen LogP contribution in [0.1, 0.15) is 16.7 Å². The molecular weight excluding hydrogens is 398 g/mol. The van der Waals surface area contributed by atoms with Gasteiger partial charge in [0, 0.05) is 19.5 Å². The average molecular weight is 423 g/mol. The Morgan fingerprint density at radius 2 is 1.74 bits per heavy atom. The molecule has 8 nitrogen and oxygen atoms in total. The zero-order valence-corrected chi connectivity index (χ0v) is 17.6. The maximum absolute atomic E-state index is 12.9. The molecule has 1 unspecified atom stereocenters. The molecule has 0 aromatic heterocycles. The Morgan fingerprint density at radius 1 is 1.06 bits per heavy atom. The lowest BCUT2D eigenvalue weighted by molar-refractivity contribution is -0.138. The molecule has 2 heterocycles. The molecule has 0 radical (unpaired) electrons. The van der Waals surface area contributed by atoms with E-state index in [1.54, 1.807) is 19.1 Å². The first-order valence-electron chi connectivity index (χ1n) is 10.2. The van der Waals surface area contributed by atoms with E-state index in [-0.39, 0.29) is 18.4 Å². The average Bonchev–Trinajstić information content (AvgIpc) is 3.05. The number of methoxy groups -OCH3 is 2. The molecule has 8 heteroatoms. The van der Waals surface area contributed by atoms with Crippen LogP contribution in [-0.2, 0) is 29.0 Å². The van der Waals surface area contributed by atoms with Gasteiger partial charge < -0.3 is 19.7 Å². The van der Waals surface area contributed by atoms with Crippen molar-refractivity contribution in [2.24, 2.45) is 0 Å². The summed E-state index contributed by atoms with van der Waals surface area (Å²) in [6.45, 7) is 0.641. The van der Waals surface area contributed by atoms with Crippen molar-refractivity contribution in [3.63, 3.8) is 0 Å². The standard InChI is InChI=1S/C23H25N3O5/c1-30-19-11-16-8-9-25(13-17(16)12-20(19)31-2)21(27)14-26-22(28)18(24-23(26)29)10-15-6-4-3-5-7-15/h3-7,11-12,18H,8-10,13-14H2,1-2H3,(H,24,29). The molecule has 162 valence electrons. The highest BCUT2D eigenvalue weighted by Crippen LogP contribution is 2.33. The van der Waals surface area contributed by atoms with Crippen LogP contribution >= 0.6 is 0 Å². The highest BCUT2D eigenvalue weighted by molar-refractivity contribution is 6.06. The smallest absolute Gasteiger partial charge is 0.325 e. The minimum atomic E-state index is -0.651. The van der Waals surface area contributed by atoms with E-state index in [0.717, 1.165) is 21.6 Å². The topological polar surface area (TPSA) is 88.2 Å². The summed E-state index contributed by atoms with van der Waals surface area (Å²) in [5, 5.41) is 2.69. The van der Waals surface area contributed by atoms with E-state index in [9.17, 15) is 14.4 Å². The number of imide groups is 1. The highest BCUT2D eigenvalue weighted by Gasteiger charge is 2.39. The number of carbonyl (C=O) groups is 3. The van der Waals surface area contributed by atoms with Crippen molar-refractivity contribution in [1.29, 1.82) is 0 Å². The molecule has 0 spiro atoms. The highest BCUT2D eigenvalue weighted by atomic mass is 16.5. The zero-order valence-electron chi connectivity index (χ0n) is 17.6. The van der Waals surface area contributed by atoms with Crippen LogP contribution < -0.4 is 14.8 Å². The number of urea groups is 1. The van der Waals surface area contributed by atoms with E-state index in [4.69, 9.17) is 9.47 Å². The summed E-state index contributed by atoms with van der Waals surface area (Å²) in [6, 6.07) is 12.1. The fourth-order valence-electron chi connectivity index (χ4n) is 4.05. The van der Waals surface area contributed by atoms with E-state index >= 15 is 0 Å². The van der Waals surface area contributed by atoms with Gasteiger partial charge in [0.25, 0.3) is 5.91 Å². The lowest BCUT2D eigenvalue weighted by Crippen LogP contribution is -2.45. The molecule has 31 heavy (non-hydrogen) atoms. The second kappa shape index (κ2) is 8.67. The Balaban J connectivity index is 1.42. The molecule has 2 aromatic rings. The fraction of sp³-hybridized carbons (Fsp3) is 0.348. The molecule has 0 saturated carbocycles. The van der Waals surface area contributed by atoms with Crippen molar-refractivity contribution >= 4 is 17.8 Å². The van der Waals surface area contributed by atoms with Gasteiger partial charge >= 0.3 is 6.03 Å². The molecule has 0 bridgehead atoms. The van der Waals surface area contributed by atoms with Crippen LogP contribution in [0.5, 0.6) is 11.5 Å². The molecule has 0 aliphatic carbocycles. The van der Waals surface area contributed by atoms with Crippen LogP contribution in [0.2, 0.25) is 0 Å². The van der Waals surface area contributed by atoms with Gasteiger partial charge in [-0.3, -0.25) is 14.5 Å². The number of hydrogen-bond acceptors (Lipinski definition) is 5. The molecule has 4 rings (SSSR count). The van der Waals surface area contributed by atoms with Gasteiger partial charge in [0.15, 0.2) is 11.5 Å². The molecule has 2 aromatic carbocycles. The predicted octanol–water partition coefficient (Wildman–Crippen LogP) is 1.75. The van der Waals surface area contributed by atoms with Gasteiger partial charge in [-0.2, -0.15) is 0 Å². The number of ether oxygens (including phenoxy) is 2. The molecule has 1 atom stereocenters. The lowest BCUT2D eigenvalue weighted by atomic mass is 9.98. The van der Waals surface area contributed by atoms with Crippen LogP contribution in [0, 0.1) is 0 Å². The lowest BCUT2D eigenvalue weighted by Gasteiger charge is -2.30. The van der Waals surface area contributed by atoms with Crippen molar-refractivity contribution in [3.8, 4) is 11.5 Å². The van der Waals surface area contributed by atoms with Gasteiger partial charge in [-0.1, -0.05) is 30.3 Å². The maximum Gasteiger partial charge on any atom is 0.325 e. The molecule has 4 amide bonds. The Hall–Kier alpha value is -3.55. The number of nitrogens with zero attached hydrogens (tertiary/aromatic N) is 2. The predicted molar refractivity (Wildman–Crippen MR) is 113 cm³/mol. The fourth-order valence-corrected chi connectivity index (χ4v) is 4.05. The van der Waals surface area contributed by atoms with Gasteiger partial charge in [-0.05, 0) is 35.2 Å². The summed E-state index contributed by atoms with van der Waals surface area (Å²) >= 11 is 0. The second-order valence-corrected chi connectivity index (χ2v) is 7.66. The van der Waals surface area contributed by atoms with Crippen LogP contribution in [0.15, 0.2) is 42.5 Å². The Bertz CT molecular complexity index is 1010. The third kappa shape index (κ3) is 4.19. The van der Waals surface area contributed by atoms with Crippen LogP contribution in [0.3, 0.4) is 0 Å². The summed E-state index contributed by atoms with van der Waals surface area (Å²) in [4.78, 5) is 40.7. The Morgan fingerprint density at radius 3 is 2.42 bits per heavy atom. The molecule has 1 fully saturated rings. The number of hydrogen-bond donors (Lipinski definition) is 1. The SMILES string of the molecule is COc1cc2c(cc1OC)CN(C(=O)CN1C(=O)NC(Cc3ccccc3)C1=O)CC2. The van der Waals surface area contributed by atoms with E-state index in [1.807, 2.05) is 42.5 Å². The van der Waals surface area contributed by atoms with Crippen molar-refractivity contribution in [2.75, 3.05) is 27.3 Å². The number of nitrogens with one attached hydrogen (secondary N) is 1. The number of fused-ring (bicyclic) bond motifs is 1. The third-order valence-electron chi connectivity index (χ3n) is 5.75. The zero-order chi connectivity index (χ0) is 22.0. The normalized spacial score (nSPS) is 17.9. The van der Waals surface area contributed by atoms with Crippen molar-refractivity contribution < 1.29 is 23.9 Å². The number of benzene rings is 2. The minimum absolute atomic E-state index is 0.260. The summed E-state index contributed by atoms with van der Waals surface area (Å²) in [5.41, 5.74) is 3.02. The van der Waals surface area contributed by atoms with E-state index in [0.29, 0.717) is 37.4 Å². The first kappa shape index (κ1) is 20.7. The monoisotopic (exact) mass is 423 g/mol. The van der Waals surface area contributed by atoms with Gasteiger partial charge in [0.1, 0.15) is 12.6 Å². The van der Waals surface area contributed by atoms with Crippen LogP contribution in [0.4, 0.5) is 4.79 Å². The van der Waals surface area contributed by atoms with Gasteiger partial charge in [0.2, 0.25) is 5.91 Å². The van der Waals surface area contributed by atoms with Crippen molar-refractivity contribution in [3.05, 3.63) is 59.2 Å². The van der Waals surface area contributed by atoms with Crippen molar-refractivity contribution in [1.82, 2.24) is 15.1 Å². The first-order valence-corrected chi connectivity index (χ1v) is 10.2. The number of rotatable bonds is 6. The van der Waals surface area contributed by atoms with E-state index < -0.39 is 12.1 Å². The molecule has 2 aliphatic heterocycles. The number of carbonyl (C=O) groups excluding carboxylic acids is 3. The summed E-state index contributed by atoms with van der Waals surface area (Å²) in [7, 11) is 3.16. The van der Waals surface area contributed by atoms with E-state index in [1.165, 1.54) is 0 Å². The quantitative estimate of drug-likeness (QED) is 0.716. The van der Waals surface area contributed by atoms with Gasteiger partial charge in [-0.15, -0.1) is 0 Å². The van der Waals surface area contributed by atoms with Crippen molar-refractivity contribution in [2.45, 2.75) is 25.4 Å². The summed E-state index contributed by atoms with van der Waals surface area (Å²) in [6.07, 6.45) is 1.06. The molecule has 2 aliphatic rings. The van der Waals surface area contributed by atoms with Gasteiger partial charge in [0.05, 0.1) is 14.2 Å². The first-order chi connectivity index (χ1) is 15.0. The van der Waals surface area contributed by atoms with E-state index in [2.05, 4.69) is 5.32 Å². The van der Waals surface area contributed by atoms with Crippen LogP contribution in [-0.4, -0.2) is 61.0 Å². The molecular formula is C23H25N3O5. The van der Waals surface area contributed by atoms with Gasteiger partial charge in [-0.25, -0.2) is 4.79 Å². The molecule has 1 saturated heterocycles. The summed E-state index contributed by atoms with van der Waals surface area (Å²) < 4.78 is 10.7.